The quantitative estimate of drug-likeness (QED) is 0.370. The van der Waals surface area contributed by atoms with Crippen LogP contribution in [0.1, 0.15) is 39.5 Å². The van der Waals surface area contributed by atoms with Gasteiger partial charge in [-0.3, -0.25) is 0 Å². The Morgan fingerprint density at radius 3 is 2.39 bits per heavy atom. The van der Waals surface area contributed by atoms with Gasteiger partial charge in [0, 0.05) is 6.54 Å². The zero-order chi connectivity index (χ0) is 13.8. The monoisotopic (exact) mass is 255 g/mol. The summed E-state index contributed by atoms with van der Waals surface area (Å²) in [4.78, 5) is 11.2. The minimum atomic E-state index is -0.393. The Morgan fingerprint density at radius 2 is 1.78 bits per heavy atom. The van der Waals surface area contributed by atoms with Crippen LogP contribution in [0.25, 0.3) is 0 Å². The van der Waals surface area contributed by atoms with Gasteiger partial charge in [0.2, 0.25) is 0 Å². The fraction of sp³-hybridized carbons (Fsp3) is 0.643. The third kappa shape index (κ3) is 9.75. The van der Waals surface area contributed by atoms with Gasteiger partial charge in [0.05, 0.1) is 0 Å². The van der Waals surface area contributed by atoms with E-state index >= 15 is 0 Å². The summed E-state index contributed by atoms with van der Waals surface area (Å²) in [6, 6.07) is 0. The molecule has 0 aliphatic heterocycles. The maximum absolute atomic E-state index is 11.2. The summed E-state index contributed by atoms with van der Waals surface area (Å²) in [5, 5.41) is 2.70. The van der Waals surface area contributed by atoms with Crippen LogP contribution in [-0.2, 0) is 9.47 Å². The predicted octanol–water partition coefficient (Wildman–Crippen LogP) is 3.40. The summed E-state index contributed by atoms with van der Waals surface area (Å²) in [6.07, 6.45) is 4.13. The van der Waals surface area contributed by atoms with E-state index < -0.39 is 6.09 Å². The van der Waals surface area contributed by atoms with Gasteiger partial charge in [0.15, 0.2) is 0 Å². The van der Waals surface area contributed by atoms with Gasteiger partial charge in [-0.25, -0.2) is 4.79 Å². The summed E-state index contributed by atoms with van der Waals surface area (Å²) in [7, 11) is 0. The van der Waals surface area contributed by atoms with Crippen molar-refractivity contribution in [3.8, 4) is 0 Å². The van der Waals surface area contributed by atoms with Crippen LogP contribution in [-0.4, -0.2) is 25.9 Å². The van der Waals surface area contributed by atoms with E-state index in [1.165, 1.54) is 12.8 Å². The van der Waals surface area contributed by atoms with Gasteiger partial charge >= 0.3 is 6.09 Å². The van der Waals surface area contributed by atoms with Crippen molar-refractivity contribution in [1.82, 2.24) is 5.32 Å². The Kier molecular flexibility index (Phi) is 9.83. The molecule has 18 heavy (non-hydrogen) atoms. The number of rotatable bonds is 10. The van der Waals surface area contributed by atoms with Crippen LogP contribution in [0.4, 0.5) is 4.79 Å². The largest absolute Gasteiger partial charge is 0.490 e. The van der Waals surface area contributed by atoms with Gasteiger partial charge in [-0.2, -0.15) is 0 Å². The van der Waals surface area contributed by atoms with Gasteiger partial charge in [-0.15, -0.1) is 0 Å². The van der Waals surface area contributed by atoms with Crippen molar-refractivity contribution in [2.75, 3.05) is 19.8 Å². The lowest BCUT2D eigenvalue weighted by molar-refractivity contribution is 0.106. The molecule has 0 bridgehead atoms. The van der Waals surface area contributed by atoms with E-state index in [1.54, 1.807) is 0 Å². The molecule has 4 heteroatoms. The molecule has 4 nitrogen and oxygen atoms in total. The number of allylic oxidation sites excluding steroid dienone is 1. The van der Waals surface area contributed by atoms with Crippen molar-refractivity contribution >= 4 is 6.09 Å². The molecule has 0 fully saturated rings. The molecule has 0 heterocycles. The maximum atomic E-state index is 11.2. The zero-order valence-electron chi connectivity index (χ0n) is 11.6. The summed E-state index contributed by atoms with van der Waals surface area (Å²) in [6.45, 7) is 12.5. The number of hydrogen-bond acceptors (Lipinski definition) is 3. The van der Waals surface area contributed by atoms with Crippen LogP contribution >= 0.6 is 0 Å². The fourth-order valence-corrected chi connectivity index (χ4v) is 1.22. The highest BCUT2D eigenvalue weighted by Gasteiger charge is 2.01. The molecule has 0 saturated carbocycles. The predicted molar refractivity (Wildman–Crippen MR) is 73.4 cm³/mol. The van der Waals surface area contributed by atoms with Gasteiger partial charge in [-0.1, -0.05) is 39.3 Å². The minimum absolute atomic E-state index is 0.215. The second kappa shape index (κ2) is 10.7. The standard InChI is InChI=1S/C14H25NO3/c1-5-6-7-8-9-15-14(16)18-11-10-17-13(4)12(2)3/h2,4-11H2,1,3H3,(H,15,16). The number of alkyl carbamates (subject to hydrolysis) is 1. The highest BCUT2D eigenvalue weighted by atomic mass is 16.6. The normalized spacial score (nSPS) is 9.67. The number of ether oxygens (including phenoxy) is 2. The van der Waals surface area contributed by atoms with E-state index in [1.807, 2.05) is 6.92 Å². The van der Waals surface area contributed by atoms with Crippen LogP contribution in [0.5, 0.6) is 0 Å². The second-order valence-corrected chi connectivity index (χ2v) is 4.18. The van der Waals surface area contributed by atoms with E-state index in [-0.39, 0.29) is 6.61 Å². The van der Waals surface area contributed by atoms with Crippen molar-refractivity contribution in [2.45, 2.75) is 39.5 Å². The first-order chi connectivity index (χ1) is 8.57. The van der Waals surface area contributed by atoms with Crippen molar-refractivity contribution in [1.29, 1.82) is 0 Å². The Bertz CT molecular complexity index is 274. The minimum Gasteiger partial charge on any atom is -0.490 e. The molecule has 0 aromatic heterocycles. The maximum Gasteiger partial charge on any atom is 0.407 e. The number of carbonyl (C=O) groups is 1. The number of amides is 1. The molecule has 1 N–H and O–H groups in total. The lowest BCUT2D eigenvalue weighted by Gasteiger charge is -2.09. The van der Waals surface area contributed by atoms with E-state index in [4.69, 9.17) is 9.47 Å². The number of unbranched alkanes of at least 4 members (excludes halogenated alkanes) is 3. The average Bonchev–Trinajstić information content (AvgIpc) is 2.34. The summed E-state index contributed by atoms with van der Waals surface area (Å²) in [5.74, 6) is 0.526. The van der Waals surface area contributed by atoms with Crippen molar-refractivity contribution < 1.29 is 14.3 Å². The molecular weight excluding hydrogens is 230 g/mol. The highest BCUT2D eigenvalue weighted by molar-refractivity contribution is 5.66. The van der Waals surface area contributed by atoms with Gasteiger partial charge in [0.25, 0.3) is 0 Å². The van der Waals surface area contributed by atoms with E-state index in [0.717, 1.165) is 18.4 Å². The van der Waals surface area contributed by atoms with Gasteiger partial charge < -0.3 is 14.8 Å². The topological polar surface area (TPSA) is 47.6 Å². The number of hydrogen-bond donors (Lipinski definition) is 1. The van der Waals surface area contributed by atoms with Crippen LogP contribution in [0.15, 0.2) is 24.5 Å². The van der Waals surface area contributed by atoms with Gasteiger partial charge in [-0.05, 0) is 18.9 Å². The molecule has 0 aromatic rings. The van der Waals surface area contributed by atoms with Crippen molar-refractivity contribution in [3.63, 3.8) is 0 Å². The first-order valence-electron chi connectivity index (χ1n) is 6.46. The van der Waals surface area contributed by atoms with Crippen LogP contribution in [0.2, 0.25) is 0 Å². The first kappa shape index (κ1) is 16.6. The summed E-state index contributed by atoms with van der Waals surface area (Å²) < 4.78 is 10.1. The molecule has 0 atom stereocenters. The van der Waals surface area contributed by atoms with E-state index in [9.17, 15) is 4.79 Å². The first-order valence-corrected chi connectivity index (χ1v) is 6.46. The lowest BCUT2D eigenvalue weighted by Crippen LogP contribution is -2.26. The molecule has 0 radical (unpaired) electrons. The van der Waals surface area contributed by atoms with Crippen LogP contribution < -0.4 is 5.32 Å². The summed E-state index contributed by atoms with van der Waals surface area (Å²) in [5.41, 5.74) is 0.773. The molecule has 0 spiro atoms. The molecule has 0 rings (SSSR count). The third-order valence-corrected chi connectivity index (χ3v) is 2.37. The lowest BCUT2D eigenvalue weighted by atomic mass is 10.2. The molecule has 104 valence electrons. The van der Waals surface area contributed by atoms with E-state index in [2.05, 4.69) is 25.4 Å². The van der Waals surface area contributed by atoms with Crippen molar-refractivity contribution in [2.24, 2.45) is 0 Å². The molecule has 0 saturated heterocycles. The molecular formula is C14H25NO3. The third-order valence-electron chi connectivity index (χ3n) is 2.37. The molecule has 0 aromatic carbocycles. The molecule has 0 aliphatic carbocycles. The fourth-order valence-electron chi connectivity index (χ4n) is 1.22. The Morgan fingerprint density at radius 1 is 1.11 bits per heavy atom. The molecule has 0 unspecified atom stereocenters. The van der Waals surface area contributed by atoms with Crippen molar-refractivity contribution in [3.05, 3.63) is 24.5 Å². The number of nitrogens with one attached hydrogen (secondary N) is 1. The Labute approximate surface area is 110 Å². The van der Waals surface area contributed by atoms with Crippen LogP contribution in [0.3, 0.4) is 0 Å². The Hall–Kier alpha value is -1.45. The summed E-state index contributed by atoms with van der Waals surface area (Å²) >= 11 is 0. The van der Waals surface area contributed by atoms with Crippen LogP contribution in [0, 0.1) is 0 Å². The number of carbonyl (C=O) groups excluding carboxylic acids is 1. The molecule has 1 amide bonds. The Balaban J connectivity index is 3.37. The zero-order valence-corrected chi connectivity index (χ0v) is 11.6. The molecule has 0 aliphatic rings. The second-order valence-electron chi connectivity index (χ2n) is 4.18. The SMILES string of the molecule is C=C(C)C(=C)OCCOC(=O)NCCCCCC. The average molecular weight is 255 g/mol. The van der Waals surface area contributed by atoms with Gasteiger partial charge in [0.1, 0.15) is 19.0 Å². The van der Waals surface area contributed by atoms with E-state index in [0.29, 0.717) is 18.9 Å². The highest BCUT2D eigenvalue weighted by Crippen LogP contribution is 2.04. The smallest absolute Gasteiger partial charge is 0.407 e.